The molecule has 1 aromatic heterocycles. The van der Waals surface area contributed by atoms with E-state index in [1.807, 2.05) is 0 Å². The van der Waals surface area contributed by atoms with E-state index in [9.17, 15) is 5.26 Å². The molecule has 72 valence electrons. The van der Waals surface area contributed by atoms with Crippen molar-refractivity contribution in [2.24, 2.45) is 11.8 Å². The van der Waals surface area contributed by atoms with Gasteiger partial charge in [0.15, 0.2) is 0 Å². The maximum atomic E-state index is 9.40. The highest BCUT2D eigenvalue weighted by atomic mass is 32.1. The molecule has 1 heterocycles. The highest BCUT2D eigenvalue weighted by Crippen LogP contribution is 2.56. The molecule has 3 rings (SSSR count). The Balaban J connectivity index is 2.06. The van der Waals surface area contributed by atoms with Crippen molar-refractivity contribution in [2.75, 3.05) is 0 Å². The summed E-state index contributed by atoms with van der Waals surface area (Å²) in [4.78, 5) is 4.24. The molecule has 0 aromatic carbocycles. The molecular formula is C10H11N3S. The summed E-state index contributed by atoms with van der Waals surface area (Å²) in [5.74, 6) is 1.31. The van der Waals surface area contributed by atoms with Crippen LogP contribution in [0.2, 0.25) is 0 Å². The Morgan fingerprint density at radius 3 is 3.00 bits per heavy atom. The largest absolute Gasteiger partial charge is 0.226 e. The summed E-state index contributed by atoms with van der Waals surface area (Å²) in [6, 6.07) is 2.52. The van der Waals surface area contributed by atoms with Gasteiger partial charge >= 0.3 is 0 Å². The SMILES string of the molecule is N#CC1(c2ncns2)CC2CCC1C2. The number of aromatic nitrogens is 2. The van der Waals surface area contributed by atoms with Crippen molar-refractivity contribution in [1.29, 1.82) is 5.26 Å². The number of nitrogens with zero attached hydrogens (tertiary/aromatic N) is 3. The first-order chi connectivity index (χ1) is 6.85. The molecule has 0 saturated heterocycles. The summed E-state index contributed by atoms with van der Waals surface area (Å²) in [6.45, 7) is 0. The van der Waals surface area contributed by atoms with Gasteiger partial charge in [-0.25, -0.2) is 4.98 Å². The van der Waals surface area contributed by atoms with Crippen LogP contribution >= 0.6 is 11.5 Å². The molecule has 14 heavy (non-hydrogen) atoms. The first kappa shape index (κ1) is 8.37. The fourth-order valence-electron chi connectivity index (χ4n) is 3.15. The summed E-state index contributed by atoms with van der Waals surface area (Å²) in [5.41, 5.74) is -0.274. The molecule has 3 unspecified atom stereocenters. The average Bonchev–Trinajstić information content (AvgIpc) is 2.93. The van der Waals surface area contributed by atoms with Gasteiger partial charge in [-0.05, 0) is 42.6 Å². The molecule has 2 aliphatic carbocycles. The summed E-state index contributed by atoms with van der Waals surface area (Å²) in [7, 11) is 0. The number of fused-ring (bicyclic) bond motifs is 2. The van der Waals surface area contributed by atoms with Gasteiger partial charge in [0, 0.05) is 0 Å². The lowest BCUT2D eigenvalue weighted by molar-refractivity contribution is 0.339. The van der Waals surface area contributed by atoms with E-state index in [-0.39, 0.29) is 5.41 Å². The van der Waals surface area contributed by atoms with E-state index in [2.05, 4.69) is 15.4 Å². The zero-order valence-electron chi connectivity index (χ0n) is 7.81. The lowest BCUT2D eigenvalue weighted by Gasteiger charge is -2.28. The van der Waals surface area contributed by atoms with E-state index in [0.29, 0.717) is 5.92 Å². The van der Waals surface area contributed by atoms with Crippen molar-refractivity contribution in [3.63, 3.8) is 0 Å². The van der Waals surface area contributed by atoms with E-state index in [4.69, 9.17) is 0 Å². The Kier molecular flexibility index (Phi) is 1.65. The first-order valence-electron chi connectivity index (χ1n) is 5.03. The highest BCUT2D eigenvalue weighted by molar-refractivity contribution is 7.05. The second-order valence-corrected chi connectivity index (χ2v) is 5.19. The maximum absolute atomic E-state index is 9.40. The van der Waals surface area contributed by atoms with Crippen molar-refractivity contribution < 1.29 is 0 Å². The van der Waals surface area contributed by atoms with Crippen LogP contribution in [0.3, 0.4) is 0 Å². The normalized spacial score (nSPS) is 39.9. The van der Waals surface area contributed by atoms with Crippen LogP contribution in [0.4, 0.5) is 0 Å². The van der Waals surface area contributed by atoms with E-state index >= 15 is 0 Å². The Morgan fingerprint density at radius 1 is 1.57 bits per heavy atom. The van der Waals surface area contributed by atoms with Crippen molar-refractivity contribution in [3.8, 4) is 6.07 Å². The van der Waals surface area contributed by atoms with Gasteiger partial charge < -0.3 is 0 Å². The zero-order chi connectivity index (χ0) is 9.60. The molecule has 0 spiro atoms. The molecule has 0 amide bonds. The molecule has 2 aliphatic rings. The minimum Gasteiger partial charge on any atom is -0.226 e. The Hall–Kier alpha value is -0.950. The number of rotatable bonds is 1. The van der Waals surface area contributed by atoms with E-state index in [0.717, 1.165) is 17.3 Å². The quantitative estimate of drug-likeness (QED) is 0.705. The lowest BCUT2D eigenvalue weighted by atomic mass is 9.75. The van der Waals surface area contributed by atoms with Crippen molar-refractivity contribution in [1.82, 2.24) is 9.36 Å². The molecule has 2 bridgehead atoms. The second kappa shape index (κ2) is 2.77. The molecule has 2 fully saturated rings. The predicted molar refractivity (Wildman–Crippen MR) is 52.6 cm³/mol. The van der Waals surface area contributed by atoms with Crippen LogP contribution in [0.25, 0.3) is 0 Å². The second-order valence-electron chi connectivity index (χ2n) is 4.41. The summed E-state index contributed by atoms with van der Waals surface area (Å²) >= 11 is 1.40. The molecule has 0 aliphatic heterocycles. The third-order valence-electron chi connectivity index (χ3n) is 3.79. The van der Waals surface area contributed by atoms with Crippen LogP contribution in [0.1, 0.15) is 30.7 Å². The Bertz CT molecular complexity index is 381. The molecule has 3 atom stereocenters. The van der Waals surface area contributed by atoms with Crippen LogP contribution < -0.4 is 0 Å². The fraction of sp³-hybridized carbons (Fsp3) is 0.700. The number of hydrogen-bond acceptors (Lipinski definition) is 4. The van der Waals surface area contributed by atoms with E-state index in [1.54, 1.807) is 6.33 Å². The number of nitriles is 1. The first-order valence-corrected chi connectivity index (χ1v) is 5.81. The minimum atomic E-state index is -0.274. The molecular weight excluding hydrogens is 194 g/mol. The molecule has 1 aromatic rings. The van der Waals surface area contributed by atoms with Crippen molar-refractivity contribution in [2.45, 2.75) is 31.1 Å². The Morgan fingerprint density at radius 2 is 2.50 bits per heavy atom. The van der Waals surface area contributed by atoms with Gasteiger partial charge in [-0.1, -0.05) is 6.42 Å². The smallest absolute Gasteiger partial charge is 0.134 e. The number of hydrogen-bond donors (Lipinski definition) is 0. The predicted octanol–water partition coefficient (Wildman–Crippen LogP) is 2.12. The molecule has 4 heteroatoms. The van der Waals surface area contributed by atoms with Gasteiger partial charge in [0.25, 0.3) is 0 Å². The van der Waals surface area contributed by atoms with Crippen LogP contribution in [-0.2, 0) is 5.41 Å². The standard InChI is InChI=1S/C10H11N3S/c11-5-10(9-12-6-13-14-9)4-7-1-2-8(10)3-7/h6-8H,1-4H2. The van der Waals surface area contributed by atoms with Crippen molar-refractivity contribution in [3.05, 3.63) is 11.3 Å². The minimum absolute atomic E-state index is 0.274. The molecule has 0 radical (unpaired) electrons. The zero-order valence-corrected chi connectivity index (χ0v) is 8.63. The Labute approximate surface area is 87.0 Å². The maximum Gasteiger partial charge on any atom is 0.134 e. The monoisotopic (exact) mass is 205 g/mol. The molecule has 3 nitrogen and oxygen atoms in total. The summed E-state index contributed by atoms with van der Waals surface area (Å²) < 4.78 is 4.02. The highest BCUT2D eigenvalue weighted by Gasteiger charge is 2.54. The summed E-state index contributed by atoms with van der Waals surface area (Å²) in [5, 5.41) is 10.4. The van der Waals surface area contributed by atoms with Crippen LogP contribution in [0.5, 0.6) is 0 Å². The van der Waals surface area contributed by atoms with Gasteiger partial charge in [-0.15, -0.1) is 0 Å². The van der Waals surface area contributed by atoms with Gasteiger partial charge in [-0.2, -0.15) is 9.64 Å². The van der Waals surface area contributed by atoms with Crippen LogP contribution in [0.15, 0.2) is 6.33 Å². The van der Waals surface area contributed by atoms with E-state index in [1.165, 1.54) is 30.8 Å². The van der Waals surface area contributed by atoms with Gasteiger partial charge in [-0.3, -0.25) is 0 Å². The van der Waals surface area contributed by atoms with Gasteiger partial charge in [0.1, 0.15) is 16.7 Å². The van der Waals surface area contributed by atoms with Crippen LogP contribution in [-0.4, -0.2) is 9.36 Å². The van der Waals surface area contributed by atoms with Gasteiger partial charge in [0.2, 0.25) is 0 Å². The fourth-order valence-corrected chi connectivity index (χ4v) is 3.89. The summed E-state index contributed by atoms with van der Waals surface area (Å²) in [6.07, 6.45) is 6.34. The topological polar surface area (TPSA) is 49.6 Å². The average molecular weight is 205 g/mol. The third-order valence-corrected chi connectivity index (χ3v) is 4.63. The van der Waals surface area contributed by atoms with Gasteiger partial charge in [0.05, 0.1) is 6.07 Å². The molecule has 2 saturated carbocycles. The lowest BCUT2D eigenvalue weighted by Crippen LogP contribution is -2.30. The third kappa shape index (κ3) is 0.908. The van der Waals surface area contributed by atoms with E-state index < -0.39 is 0 Å². The molecule has 0 N–H and O–H groups in total. The van der Waals surface area contributed by atoms with Crippen molar-refractivity contribution >= 4 is 11.5 Å². The van der Waals surface area contributed by atoms with Crippen LogP contribution in [0, 0.1) is 23.2 Å².